The van der Waals surface area contributed by atoms with Crippen molar-refractivity contribution in [2.45, 2.75) is 26.7 Å². The molecule has 9 heteroatoms. The fraction of sp³-hybridized carbons (Fsp3) is 0.368. The summed E-state index contributed by atoms with van der Waals surface area (Å²) in [5.74, 6) is 0.763. The summed E-state index contributed by atoms with van der Waals surface area (Å²) in [4.78, 5) is 25.2. The van der Waals surface area contributed by atoms with Gasteiger partial charge < -0.3 is 18.7 Å². The van der Waals surface area contributed by atoms with E-state index in [4.69, 9.17) is 9.26 Å². The first-order valence-electron chi connectivity index (χ1n) is 8.44. The predicted molar refractivity (Wildman–Crippen MR) is 106 cm³/mol. The summed E-state index contributed by atoms with van der Waals surface area (Å²) < 4.78 is 19.5. The molecule has 1 heterocycles. The summed E-state index contributed by atoms with van der Waals surface area (Å²) in [6.45, 7) is 7.63. The van der Waals surface area contributed by atoms with Crippen molar-refractivity contribution in [3.8, 4) is 11.4 Å². The second-order valence-electron chi connectivity index (χ2n) is 5.48. The third-order valence-corrected chi connectivity index (χ3v) is 4.15. The molecule has 8 nitrogen and oxygen atoms in total. The topological polar surface area (TPSA) is 101 Å². The monoisotopic (exact) mass is 454 g/mol. The summed E-state index contributed by atoms with van der Waals surface area (Å²) in [7, 11) is 1.24. The minimum atomic E-state index is -0.701. The van der Waals surface area contributed by atoms with E-state index in [0.29, 0.717) is 31.2 Å². The molecule has 0 aliphatic carbocycles. The Bertz CT molecular complexity index is 790. The van der Waals surface area contributed by atoms with Crippen LogP contribution in [0.4, 0.5) is 4.79 Å². The van der Waals surface area contributed by atoms with Gasteiger partial charge in [0, 0.05) is 23.0 Å². The maximum Gasteiger partial charge on any atom is 0.507 e. The Kier molecular flexibility index (Phi) is 10.6. The molecule has 0 aliphatic heterocycles. The van der Waals surface area contributed by atoms with Gasteiger partial charge in [-0.3, -0.25) is 0 Å². The lowest BCUT2D eigenvalue weighted by Crippen LogP contribution is -2.07. The van der Waals surface area contributed by atoms with Gasteiger partial charge in [0.2, 0.25) is 11.7 Å². The van der Waals surface area contributed by atoms with Crippen LogP contribution in [0.2, 0.25) is 0 Å². The average molecular weight is 455 g/mol. The van der Waals surface area contributed by atoms with Gasteiger partial charge in [-0.25, -0.2) is 9.59 Å². The molecule has 1 aromatic carbocycles. The van der Waals surface area contributed by atoms with Crippen molar-refractivity contribution < 1.29 is 28.3 Å². The van der Waals surface area contributed by atoms with E-state index in [0.717, 1.165) is 16.1 Å². The largest absolute Gasteiger partial charge is 0.507 e. The molecule has 152 valence electrons. The van der Waals surface area contributed by atoms with Crippen molar-refractivity contribution in [2.24, 2.45) is 0 Å². The number of hydrogen-bond acceptors (Lipinski definition) is 8. The summed E-state index contributed by atoms with van der Waals surface area (Å²) in [5, 5.41) is 3.85. The van der Waals surface area contributed by atoms with Crippen LogP contribution in [0.5, 0.6) is 0 Å². The molecule has 2 rings (SSSR count). The molecule has 0 amide bonds. The third kappa shape index (κ3) is 8.81. The summed E-state index contributed by atoms with van der Waals surface area (Å²) in [6.07, 6.45) is 1.66. The highest BCUT2D eigenvalue weighted by molar-refractivity contribution is 9.10. The SMILES string of the molecule is C=CC(=O)OCCCCOC(=O)OC.Cc1nc(-c2ccc(C)c(Br)c2)no1. The molecule has 28 heavy (non-hydrogen) atoms. The van der Waals surface area contributed by atoms with Gasteiger partial charge in [-0.05, 0) is 31.4 Å². The molecule has 0 saturated heterocycles. The van der Waals surface area contributed by atoms with Crippen LogP contribution in [0.25, 0.3) is 11.4 Å². The van der Waals surface area contributed by atoms with E-state index in [1.807, 2.05) is 25.1 Å². The summed E-state index contributed by atoms with van der Waals surface area (Å²) in [6, 6.07) is 5.98. The van der Waals surface area contributed by atoms with Gasteiger partial charge in [0.15, 0.2) is 0 Å². The highest BCUT2D eigenvalue weighted by Gasteiger charge is 2.06. The summed E-state index contributed by atoms with van der Waals surface area (Å²) in [5.41, 5.74) is 2.15. The van der Waals surface area contributed by atoms with Crippen molar-refractivity contribution in [2.75, 3.05) is 20.3 Å². The Morgan fingerprint density at radius 1 is 1.21 bits per heavy atom. The number of nitrogens with zero attached hydrogens (tertiary/aromatic N) is 2. The minimum Gasteiger partial charge on any atom is -0.463 e. The first kappa shape index (κ1) is 23.4. The number of ether oxygens (including phenoxy) is 3. The van der Waals surface area contributed by atoms with Crippen molar-refractivity contribution >= 4 is 28.1 Å². The quantitative estimate of drug-likeness (QED) is 0.344. The Hall–Kier alpha value is -2.68. The van der Waals surface area contributed by atoms with E-state index in [9.17, 15) is 9.59 Å². The molecule has 0 spiro atoms. The smallest absolute Gasteiger partial charge is 0.463 e. The van der Waals surface area contributed by atoms with Crippen molar-refractivity contribution in [1.82, 2.24) is 10.1 Å². The number of esters is 1. The highest BCUT2D eigenvalue weighted by atomic mass is 79.9. The zero-order valence-electron chi connectivity index (χ0n) is 16.1. The lowest BCUT2D eigenvalue weighted by molar-refractivity contribution is -0.137. The van der Waals surface area contributed by atoms with Gasteiger partial charge in [-0.2, -0.15) is 4.98 Å². The van der Waals surface area contributed by atoms with Crippen molar-refractivity contribution in [3.05, 3.63) is 46.8 Å². The van der Waals surface area contributed by atoms with Crippen LogP contribution in [0.3, 0.4) is 0 Å². The first-order valence-corrected chi connectivity index (χ1v) is 9.23. The van der Waals surface area contributed by atoms with Gasteiger partial charge in [0.05, 0.1) is 20.3 Å². The van der Waals surface area contributed by atoms with Crippen LogP contribution in [-0.2, 0) is 19.0 Å². The zero-order chi connectivity index (χ0) is 20.9. The molecule has 1 aromatic heterocycles. The Morgan fingerprint density at radius 2 is 1.89 bits per heavy atom. The molecule has 0 saturated carbocycles. The molecule has 0 fully saturated rings. The minimum absolute atomic E-state index is 0.262. The number of rotatable bonds is 7. The first-order chi connectivity index (χ1) is 13.4. The fourth-order valence-corrected chi connectivity index (χ4v) is 2.18. The van der Waals surface area contributed by atoms with Crippen LogP contribution in [0.1, 0.15) is 24.3 Å². The van der Waals surface area contributed by atoms with E-state index < -0.39 is 12.1 Å². The standard InChI is InChI=1S/C10H9BrN2O.C9H14O5/c1-6-3-4-8(5-9(6)11)10-12-7(2)14-13-10;1-3-8(10)13-6-4-5-7-14-9(11)12-2/h3-5H,1-2H3;3H,1,4-7H2,2H3. The van der Waals surface area contributed by atoms with Gasteiger partial charge >= 0.3 is 12.1 Å². The van der Waals surface area contributed by atoms with Crippen molar-refractivity contribution in [1.29, 1.82) is 0 Å². The van der Waals surface area contributed by atoms with E-state index in [1.165, 1.54) is 12.7 Å². The number of aryl methyl sites for hydroxylation is 2. The van der Waals surface area contributed by atoms with Gasteiger partial charge in [-0.1, -0.05) is 39.8 Å². The Balaban J connectivity index is 0.000000280. The molecule has 0 N–H and O–H groups in total. The summed E-state index contributed by atoms with van der Waals surface area (Å²) >= 11 is 3.46. The lowest BCUT2D eigenvalue weighted by Gasteiger charge is -2.03. The molecular weight excluding hydrogens is 432 g/mol. The maximum atomic E-state index is 10.6. The Labute approximate surface area is 172 Å². The third-order valence-electron chi connectivity index (χ3n) is 3.29. The second-order valence-corrected chi connectivity index (χ2v) is 6.34. The van der Waals surface area contributed by atoms with Gasteiger partial charge in [-0.15, -0.1) is 0 Å². The van der Waals surface area contributed by atoms with Crippen LogP contribution >= 0.6 is 15.9 Å². The van der Waals surface area contributed by atoms with Crippen LogP contribution in [0, 0.1) is 13.8 Å². The van der Waals surface area contributed by atoms with E-state index in [-0.39, 0.29) is 6.61 Å². The number of methoxy groups -OCH3 is 1. The van der Waals surface area contributed by atoms with E-state index >= 15 is 0 Å². The van der Waals surface area contributed by atoms with Crippen LogP contribution in [0.15, 0.2) is 39.8 Å². The molecule has 0 unspecified atom stereocenters. The Morgan fingerprint density at radius 3 is 2.43 bits per heavy atom. The van der Waals surface area contributed by atoms with E-state index in [2.05, 4.69) is 42.1 Å². The van der Waals surface area contributed by atoms with E-state index in [1.54, 1.807) is 6.92 Å². The molecule has 0 atom stereocenters. The molecule has 0 bridgehead atoms. The number of carbonyl (C=O) groups excluding carboxylic acids is 2. The number of aromatic nitrogens is 2. The van der Waals surface area contributed by atoms with Gasteiger partial charge in [0.1, 0.15) is 0 Å². The number of carbonyl (C=O) groups is 2. The molecule has 2 aromatic rings. The average Bonchev–Trinajstić information content (AvgIpc) is 3.13. The number of hydrogen-bond donors (Lipinski definition) is 0. The zero-order valence-corrected chi connectivity index (χ0v) is 17.7. The second kappa shape index (κ2) is 12.7. The molecule has 0 aliphatic rings. The molecular formula is C19H23BrN2O6. The number of benzene rings is 1. The fourth-order valence-electron chi connectivity index (χ4n) is 1.80. The number of halogens is 1. The lowest BCUT2D eigenvalue weighted by atomic mass is 10.1. The van der Waals surface area contributed by atoms with Crippen LogP contribution < -0.4 is 0 Å². The van der Waals surface area contributed by atoms with Crippen molar-refractivity contribution in [3.63, 3.8) is 0 Å². The van der Waals surface area contributed by atoms with Gasteiger partial charge in [0.25, 0.3) is 0 Å². The molecule has 0 radical (unpaired) electrons. The highest BCUT2D eigenvalue weighted by Crippen LogP contribution is 2.23. The normalized spacial score (nSPS) is 9.71. The predicted octanol–water partition coefficient (Wildman–Crippen LogP) is 4.39. The maximum absolute atomic E-state index is 10.6. The van der Waals surface area contributed by atoms with Crippen LogP contribution in [-0.4, -0.2) is 42.6 Å². The number of unbranched alkanes of at least 4 members (excludes halogenated alkanes) is 1.